The summed E-state index contributed by atoms with van der Waals surface area (Å²) < 4.78 is 1.88. The number of rotatable bonds is 6. The van der Waals surface area contributed by atoms with E-state index < -0.39 is 0 Å². The molecule has 1 atom stereocenters. The highest BCUT2D eigenvalue weighted by atomic mass is 32.2. The molecule has 1 N–H and O–H groups in total. The number of nitrogens with one attached hydrogen (secondary N) is 1. The van der Waals surface area contributed by atoms with Crippen LogP contribution in [0.3, 0.4) is 0 Å². The zero-order valence-corrected chi connectivity index (χ0v) is 13.4. The van der Waals surface area contributed by atoms with Crippen LogP contribution in [0.25, 0.3) is 0 Å². The van der Waals surface area contributed by atoms with Gasteiger partial charge in [0.25, 0.3) is 0 Å². The van der Waals surface area contributed by atoms with Gasteiger partial charge in [-0.05, 0) is 19.4 Å². The van der Waals surface area contributed by atoms with Crippen LogP contribution in [-0.2, 0) is 24.1 Å². The molecule has 0 saturated carbocycles. The summed E-state index contributed by atoms with van der Waals surface area (Å²) in [6.45, 7) is 4.22. The number of nitrogens with zero attached hydrogens (tertiary/aromatic N) is 3. The largest absolute Gasteiger partial charge is 0.348 e. The van der Waals surface area contributed by atoms with Crippen molar-refractivity contribution in [1.82, 2.24) is 20.1 Å². The van der Waals surface area contributed by atoms with Crippen LogP contribution in [0, 0.1) is 6.92 Å². The van der Waals surface area contributed by atoms with Crippen LogP contribution in [0.1, 0.15) is 24.1 Å². The van der Waals surface area contributed by atoms with Gasteiger partial charge in [-0.2, -0.15) is 0 Å². The molecule has 0 aliphatic rings. The van der Waals surface area contributed by atoms with E-state index in [0.29, 0.717) is 6.54 Å². The molecule has 1 aromatic heterocycles. The summed E-state index contributed by atoms with van der Waals surface area (Å²) in [6.07, 6.45) is 0. The fourth-order valence-corrected chi connectivity index (χ4v) is 2.66. The van der Waals surface area contributed by atoms with Crippen LogP contribution >= 0.6 is 11.8 Å². The third kappa shape index (κ3) is 4.32. The monoisotopic (exact) mass is 304 g/mol. The smallest absolute Gasteiger partial charge is 0.233 e. The number of aromatic nitrogens is 3. The van der Waals surface area contributed by atoms with Crippen molar-refractivity contribution >= 4 is 17.7 Å². The maximum atomic E-state index is 12.1. The van der Waals surface area contributed by atoms with E-state index in [1.54, 1.807) is 11.8 Å². The molecule has 0 fully saturated rings. The Morgan fingerprint density at radius 3 is 2.67 bits per heavy atom. The van der Waals surface area contributed by atoms with Crippen molar-refractivity contribution in [2.24, 2.45) is 7.05 Å². The molecular weight excluding hydrogens is 284 g/mol. The van der Waals surface area contributed by atoms with E-state index in [2.05, 4.69) is 27.6 Å². The zero-order valence-electron chi connectivity index (χ0n) is 12.5. The Bertz CT molecular complexity index is 597. The molecule has 1 unspecified atom stereocenters. The fourth-order valence-electron chi connectivity index (χ4n) is 1.79. The highest BCUT2D eigenvalue weighted by Crippen LogP contribution is 2.17. The van der Waals surface area contributed by atoms with E-state index in [1.807, 2.05) is 43.7 Å². The highest BCUT2D eigenvalue weighted by molar-refractivity contribution is 7.99. The normalized spacial score (nSPS) is 12.1. The van der Waals surface area contributed by atoms with Gasteiger partial charge in [-0.3, -0.25) is 4.79 Å². The molecule has 1 amide bonds. The minimum Gasteiger partial charge on any atom is -0.348 e. The van der Waals surface area contributed by atoms with Crippen molar-refractivity contribution in [1.29, 1.82) is 0 Å². The van der Waals surface area contributed by atoms with Crippen LogP contribution in [0.15, 0.2) is 30.3 Å². The number of hydrogen-bond acceptors (Lipinski definition) is 4. The van der Waals surface area contributed by atoms with E-state index in [1.165, 1.54) is 5.56 Å². The van der Waals surface area contributed by atoms with E-state index in [4.69, 9.17) is 0 Å². The van der Waals surface area contributed by atoms with Gasteiger partial charge in [-0.1, -0.05) is 30.3 Å². The lowest BCUT2D eigenvalue weighted by Crippen LogP contribution is -2.31. The lowest BCUT2D eigenvalue weighted by atomic mass is 10.2. The molecule has 0 bridgehead atoms. The predicted molar refractivity (Wildman–Crippen MR) is 84.8 cm³/mol. The van der Waals surface area contributed by atoms with Crippen LogP contribution in [0.4, 0.5) is 0 Å². The Morgan fingerprint density at radius 2 is 2.05 bits per heavy atom. The SMILES string of the molecule is Cc1nnc(CNC(=O)C(C)SCc2ccccc2)n1C. The average molecular weight is 304 g/mol. The second-order valence-electron chi connectivity index (χ2n) is 4.88. The van der Waals surface area contributed by atoms with Gasteiger partial charge in [-0.25, -0.2) is 0 Å². The fraction of sp³-hybridized carbons (Fsp3) is 0.400. The first kappa shape index (κ1) is 15.6. The summed E-state index contributed by atoms with van der Waals surface area (Å²) >= 11 is 1.63. The third-order valence-electron chi connectivity index (χ3n) is 3.32. The van der Waals surface area contributed by atoms with Gasteiger partial charge in [-0.15, -0.1) is 22.0 Å². The van der Waals surface area contributed by atoms with Crippen LogP contribution in [-0.4, -0.2) is 25.9 Å². The summed E-state index contributed by atoms with van der Waals surface area (Å²) in [6, 6.07) is 10.2. The van der Waals surface area contributed by atoms with Gasteiger partial charge in [0.2, 0.25) is 5.91 Å². The number of thioether (sulfide) groups is 1. The second-order valence-corrected chi connectivity index (χ2v) is 6.21. The van der Waals surface area contributed by atoms with Crippen molar-refractivity contribution in [3.63, 3.8) is 0 Å². The summed E-state index contributed by atoms with van der Waals surface area (Å²) in [5.74, 6) is 2.46. The van der Waals surface area contributed by atoms with Crippen molar-refractivity contribution < 1.29 is 4.79 Å². The van der Waals surface area contributed by atoms with E-state index >= 15 is 0 Å². The number of aryl methyl sites for hydroxylation is 1. The Balaban J connectivity index is 1.79. The van der Waals surface area contributed by atoms with Crippen LogP contribution < -0.4 is 5.32 Å². The minimum absolute atomic E-state index is 0.0246. The molecule has 2 aromatic rings. The second kappa shape index (κ2) is 7.26. The Morgan fingerprint density at radius 1 is 1.33 bits per heavy atom. The van der Waals surface area contributed by atoms with Gasteiger partial charge < -0.3 is 9.88 Å². The topological polar surface area (TPSA) is 59.8 Å². The maximum absolute atomic E-state index is 12.1. The van der Waals surface area contributed by atoms with Crippen LogP contribution in [0.2, 0.25) is 0 Å². The van der Waals surface area contributed by atoms with Gasteiger partial charge in [0.1, 0.15) is 5.82 Å². The number of amides is 1. The van der Waals surface area contributed by atoms with Crippen molar-refractivity contribution in [2.45, 2.75) is 31.4 Å². The Kier molecular flexibility index (Phi) is 5.38. The molecule has 0 spiro atoms. The van der Waals surface area contributed by atoms with E-state index in [0.717, 1.165) is 17.4 Å². The summed E-state index contributed by atoms with van der Waals surface area (Å²) in [4.78, 5) is 12.1. The molecule has 5 nitrogen and oxygen atoms in total. The molecule has 21 heavy (non-hydrogen) atoms. The van der Waals surface area contributed by atoms with E-state index in [9.17, 15) is 4.79 Å². The van der Waals surface area contributed by atoms with Gasteiger partial charge in [0, 0.05) is 12.8 Å². The standard InChI is InChI=1S/C15H20N4OS/c1-11(21-10-13-7-5-4-6-8-13)15(20)16-9-14-18-17-12(2)19(14)3/h4-8,11H,9-10H2,1-3H3,(H,16,20). The maximum Gasteiger partial charge on any atom is 0.233 e. The molecular formula is C15H20N4OS. The molecule has 0 saturated heterocycles. The lowest BCUT2D eigenvalue weighted by Gasteiger charge is -2.11. The summed E-state index contributed by atoms with van der Waals surface area (Å²) in [7, 11) is 1.89. The molecule has 2 rings (SSSR count). The van der Waals surface area contributed by atoms with Crippen molar-refractivity contribution in [2.75, 3.05) is 0 Å². The van der Waals surface area contributed by atoms with Crippen LogP contribution in [0.5, 0.6) is 0 Å². The molecule has 6 heteroatoms. The summed E-state index contributed by atoms with van der Waals surface area (Å²) in [5.41, 5.74) is 1.23. The Labute approximate surface area is 129 Å². The van der Waals surface area contributed by atoms with Crippen molar-refractivity contribution in [3.05, 3.63) is 47.5 Å². The van der Waals surface area contributed by atoms with Crippen molar-refractivity contribution in [3.8, 4) is 0 Å². The molecule has 1 heterocycles. The molecule has 0 aliphatic heterocycles. The minimum atomic E-state index is -0.0977. The van der Waals surface area contributed by atoms with Gasteiger partial charge in [0.05, 0.1) is 11.8 Å². The average Bonchev–Trinajstić information content (AvgIpc) is 2.83. The summed E-state index contributed by atoms with van der Waals surface area (Å²) in [5, 5.41) is 10.8. The first-order valence-electron chi connectivity index (χ1n) is 6.86. The lowest BCUT2D eigenvalue weighted by molar-refractivity contribution is -0.120. The molecule has 1 aromatic carbocycles. The third-order valence-corrected chi connectivity index (χ3v) is 4.53. The van der Waals surface area contributed by atoms with Gasteiger partial charge in [0.15, 0.2) is 5.82 Å². The highest BCUT2D eigenvalue weighted by Gasteiger charge is 2.14. The first-order chi connectivity index (χ1) is 10.1. The molecule has 0 radical (unpaired) electrons. The quantitative estimate of drug-likeness (QED) is 0.887. The van der Waals surface area contributed by atoms with E-state index in [-0.39, 0.29) is 11.2 Å². The van der Waals surface area contributed by atoms with Gasteiger partial charge >= 0.3 is 0 Å². The number of carbonyl (C=O) groups excluding carboxylic acids is 1. The predicted octanol–water partition coefficient (Wildman–Crippen LogP) is 2.06. The zero-order chi connectivity index (χ0) is 15.2. The first-order valence-corrected chi connectivity index (χ1v) is 7.91. The Hall–Kier alpha value is -1.82. The molecule has 112 valence electrons. The number of carbonyl (C=O) groups is 1. The molecule has 0 aliphatic carbocycles. The number of hydrogen-bond donors (Lipinski definition) is 1. The number of benzene rings is 1.